The van der Waals surface area contributed by atoms with Gasteiger partial charge in [0.05, 0.1) is 6.61 Å². The second-order valence-corrected chi connectivity index (χ2v) is 5.06. The first-order chi connectivity index (χ1) is 8.67. The van der Waals surface area contributed by atoms with Gasteiger partial charge in [0.1, 0.15) is 11.6 Å². The van der Waals surface area contributed by atoms with Gasteiger partial charge in [-0.2, -0.15) is 0 Å². The predicted octanol–water partition coefficient (Wildman–Crippen LogP) is 2.54. The summed E-state index contributed by atoms with van der Waals surface area (Å²) in [6.45, 7) is 2.76. The number of nitrogens with zero attached hydrogens (tertiary/aromatic N) is 1. The summed E-state index contributed by atoms with van der Waals surface area (Å²) in [4.78, 5) is 0. The van der Waals surface area contributed by atoms with Crippen LogP contribution in [0.15, 0.2) is 29.4 Å². The van der Waals surface area contributed by atoms with E-state index in [4.69, 9.17) is 15.7 Å². The van der Waals surface area contributed by atoms with E-state index in [1.807, 2.05) is 12.1 Å². The third-order valence-corrected chi connectivity index (χ3v) is 3.49. The lowest BCUT2D eigenvalue weighted by Gasteiger charge is -2.15. The normalized spacial score (nSPS) is 17.5. The van der Waals surface area contributed by atoms with E-state index in [0.717, 1.165) is 25.0 Å². The average Bonchev–Trinajstić information content (AvgIpc) is 3.17. The lowest BCUT2D eigenvalue weighted by atomic mass is 10.0. The minimum atomic E-state index is 0.0819. The van der Waals surface area contributed by atoms with E-state index in [-0.39, 0.29) is 5.41 Å². The molecular formula is C14H20N2O2. The fraction of sp³-hybridized carbons (Fsp3) is 0.500. The first-order valence-corrected chi connectivity index (χ1v) is 6.35. The lowest BCUT2D eigenvalue weighted by Crippen LogP contribution is -2.22. The van der Waals surface area contributed by atoms with Gasteiger partial charge in [-0.15, -0.1) is 0 Å². The van der Waals surface area contributed by atoms with E-state index < -0.39 is 0 Å². The van der Waals surface area contributed by atoms with Gasteiger partial charge in [-0.3, -0.25) is 0 Å². The molecule has 3 N–H and O–H groups in total. The zero-order valence-electron chi connectivity index (χ0n) is 10.7. The van der Waals surface area contributed by atoms with E-state index >= 15 is 0 Å². The molecule has 0 bridgehead atoms. The number of oxime groups is 1. The largest absolute Gasteiger partial charge is 0.493 e. The molecule has 0 saturated heterocycles. The quantitative estimate of drug-likeness (QED) is 0.352. The minimum absolute atomic E-state index is 0.0819. The maximum absolute atomic E-state index is 8.60. The second kappa shape index (κ2) is 5.29. The predicted molar refractivity (Wildman–Crippen MR) is 71.0 cm³/mol. The third-order valence-electron chi connectivity index (χ3n) is 3.49. The van der Waals surface area contributed by atoms with Crippen molar-refractivity contribution in [1.29, 1.82) is 0 Å². The molecule has 1 saturated carbocycles. The number of hydrogen-bond donors (Lipinski definition) is 2. The van der Waals surface area contributed by atoms with Gasteiger partial charge in [-0.1, -0.05) is 24.2 Å². The van der Waals surface area contributed by atoms with Crippen LogP contribution in [0.2, 0.25) is 0 Å². The van der Waals surface area contributed by atoms with Crippen molar-refractivity contribution < 1.29 is 9.94 Å². The number of nitrogens with two attached hydrogens (primary N) is 1. The molecule has 98 valence electrons. The van der Waals surface area contributed by atoms with Crippen LogP contribution in [0.3, 0.4) is 0 Å². The van der Waals surface area contributed by atoms with E-state index in [2.05, 4.69) is 24.2 Å². The molecule has 1 aliphatic rings. The second-order valence-electron chi connectivity index (χ2n) is 5.06. The highest BCUT2D eigenvalue weighted by molar-refractivity contribution is 5.80. The van der Waals surface area contributed by atoms with Gasteiger partial charge in [-0.05, 0) is 37.0 Å². The standard InChI is InChI=1S/C14H20N2O2/c1-2-11-4-3-5-12(8-11)18-10-14(6-7-14)9-13(15)16-17/h3-5,8,17H,2,6-7,9-10H2,1H3,(H2,15,16). The van der Waals surface area contributed by atoms with Crippen molar-refractivity contribution in [3.8, 4) is 5.75 Å². The Kier molecular flexibility index (Phi) is 3.75. The smallest absolute Gasteiger partial charge is 0.139 e. The molecule has 0 heterocycles. The van der Waals surface area contributed by atoms with E-state index in [1.165, 1.54) is 5.56 Å². The van der Waals surface area contributed by atoms with Crippen LogP contribution in [0.4, 0.5) is 0 Å². The molecule has 18 heavy (non-hydrogen) atoms. The summed E-state index contributed by atoms with van der Waals surface area (Å²) in [6, 6.07) is 8.14. The highest BCUT2D eigenvalue weighted by Gasteiger charge is 2.44. The van der Waals surface area contributed by atoms with Crippen LogP contribution in [0.5, 0.6) is 5.75 Å². The maximum Gasteiger partial charge on any atom is 0.139 e. The Hall–Kier alpha value is -1.71. The van der Waals surface area contributed by atoms with Gasteiger partial charge in [0.15, 0.2) is 0 Å². The highest BCUT2D eigenvalue weighted by atomic mass is 16.5. The van der Waals surface area contributed by atoms with Crippen molar-refractivity contribution in [2.24, 2.45) is 16.3 Å². The molecule has 1 aromatic carbocycles. The Morgan fingerprint density at radius 3 is 2.89 bits per heavy atom. The van der Waals surface area contributed by atoms with E-state index in [0.29, 0.717) is 18.9 Å². The summed E-state index contributed by atoms with van der Waals surface area (Å²) < 4.78 is 5.83. The summed E-state index contributed by atoms with van der Waals surface area (Å²) in [6.07, 6.45) is 3.77. The molecule has 0 amide bonds. The molecule has 0 atom stereocenters. The number of aryl methyl sites for hydroxylation is 1. The molecule has 0 aliphatic heterocycles. The van der Waals surface area contributed by atoms with E-state index in [1.54, 1.807) is 0 Å². The monoisotopic (exact) mass is 248 g/mol. The lowest BCUT2D eigenvalue weighted by molar-refractivity contribution is 0.236. The fourth-order valence-corrected chi connectivity index (χ4v) is 2.06. The van der Waals surface area contributed by atoms with Crippen molar-refractivity contribution in [1.82, 2.24) is 0 Å². The summed E-state index contributed by atoms with van der Waals surface area (Å²) in [5.41, 5.74) is 6.91. The molecule has 0 spiro atoms. The van der Waals surface area contributed by atoms with Crippen molar-refractivity contribution in [2.45, 2.75) is 32.6 Å². The zero-order chi connectivity index (χ0) is 13.0. The summed E-state index contributed by atoms with van der Waals surface area (Å²) in [5.74, 6) is 1.19. The van der Waals surface area contributed by atoms with Crippen molar-refractivity contribution in [3.05, 3.63) is 29.8 Å². The molecule has 0 unspecified atom stereocenters. The first-order valence-electron chi connectivity index (χ1n) is 6.35. The Bertz CT molecular complexity index is 439. The van der Waals surface area contributed by atoms with E-state index in [9.17, 15) is 0 Å². The molecule has 0 aromatic heterocycles. The number of ether oxygens (including phenoxy) is 1. The Balaban J connectivity index is 1.91. The SMILES string of the molecule is CCc1cccc(OCC2(CC(N)=NO)CC2)c1. The summed E-state index contributed by atoms with van der Waals surface area (Å²) in [5, 5.41) is 11.6. The van der Waals surface area contributed by atoms with Crippen LogP contribution in [0.1, 0.15) is 31.7 Å². The molecular weight excluding hydrogens is 228 g/mol. The number of hydrogen-bond acceptors (Lipinski definition) is 3. The zero-order valence-corrected chi connectivity index (χ0v) is 10.7. The molecule has 4 nitrogen and oxygen atoms in total. The summed E-state index contributed by atoms with van der Waals surface area (Å²) in [7, 11) is 0. The Morgan fingerprint density at radius 1 is 1.50 bits per heavy atom. The van der Waals surface area contributed by atoms with Gasteiger partial charge in [0, 0.05) is 11.8 Å². The third kappa shape index (κ3) is 3.15. The van der Waals surface area contributed by atoms with Gasteiger partial charge < -0.3 is 15.7 Å². The molecule has 2 rings (SSSR count). The van der Waals surface area contributed by atoms with Gasteiger partial charge in [0.2, 0.25) is 0 Å². The van der Waals surface area contributed by atoms with Crippen LogP contribution in [0.25, 0.3) is 0 Å². The molecule has 1 fully saturated rings. The van der Waals surface area contributed by atoms with Crippen molar-refractivity contribution in [2.75, 3.05) is 6.61 Å². The van der Waals surface area contributed by atoms with Gasteiger partial charge >= 0.3 is 0 Å². The number of benzene rings is 1. The number of rotatable bonds is 6. The van der Waals surface area contributed by atoms with Crippen LogP contribution >= 0.6 is 0 Å². The average molecular weight is 248 g/mol. The van der Waals surface area contributed by atoms with Gasteiger partial charge in [-0.25, -0.2) is 0 Å². The topological polar surface area (TPSA) is 67.8 Å². The van der Waals surface area contributed by atoms with Gasteiger partial charge in [0.25, 0.3) is 0 Å². The Labute approximate surface area is 107 Å². The minimum Gasteiger partial charge on any atom is -0.493 e. The van der Waals surface area contributed by atoms with Crippen LogP contribution < -0.4 is 10.5 Å². The first kappa shape index (κ1) is 12.7. The summed E-state index contributed by atoms with van der Waals surface area (Å²) >= 11 is 0. The highest BCUT2D eigenvalue weighted by Crippen LogP contribution is 2.48. The van der Waals surface area contributed by atoms with Crippen LogP contribution in [-0.2, 0) is 6.42 Å². The molecule has 0 radical (unpaired) electrons. The molecule has 4 heteroatoms. The van der Waals surface area contributed by atoms with Crippen molar-refractivity contribution >= 4 is 5.84 Å². The van der Waals surface area contributed by atoms with Crippen LogP contribution in [0, 0.1) is 5.41 Å². The number of amidine groups is 1. The maximum atomic E-state index is 8.60. The Morgan fingerprint density at radius 2 is 2.28 bits per heavy atom. The fourth-order valence-electron chi connectivity index (χ4n) is 2.06. The molecule has 1 aliphatic carbocycles. The van der Waals surface area contributed by atoms with Crippen LogP contribution in [-0.4, -0.2) is 17.6 Å². The van der Waals surface area contributed by atoms with Crippen molar-refractivity contribution in [3.63, 3.8) is 0 Å². The molecule has 1 aromatic rings.